The van der Waals surface area contributed by atoms with Crippen molar-refractivity contribution in [3.05, 3.63) is 65.2 Å². The third-order valence-corrected chi connectivity index (χ3v) is 3.62. The van der Waals surface area contributed by atoms with Gasteiger partial charge in [0.1, 0.15) is 5.75 Å². The molecule has 0 saturated heterocycles. The van der Waals surface area contributed by atoms with Gasteiger partial charge in [-0.15, -0.1) is 0 Å². The molecule has 0 atom stereocenters. The van der Waals surface area contributed by atoms with Crippen molar-refractivity contribution in [2.75, 3.05) is 0 Å². The molecule has 0 heterocycles. The van der Waals surface area contributed by atoms with E-state index in [9.17, 15) is 9.90 Å². The van der Waals surface area contributed by atoms with Crippen molar-refractivity contribution in [1.82, 2.24) is 5.43 Å². The van der Waals surface area contributed by atoms with Crippen LogP contribution in [0.5, 0.6) is 5.75 Å². The first kappa shape index (κ1) is 16.7. The molecule has 120 valence electrons. The van der Waals surface area contributed by atoms with E-state index in [0.29, 0.717) is 5.56 Å². The third kappa shape index (κ3) is 4.42. The van der Waals surface area contributed by atoms with Crippen LogP contribution in [0.4, 0.5) is 0 Å². The second kappa shape index (κ2) is 6.65. The van der Waals surface area contributed by atoms with Crippen molar-refractivity contribution in [3.8, 4) is 5.75 Å². The summed E-state index contributed by atoms with van der Waals surface area (Å²) in [5, 5.41) is 13.4. The number of aromatic hydroxyl groups is 1. The smallest absolute Gasteiger partial charge is 0.271 e. The Morgan fingerprint density at radius 2 is 1.48 bits per heavy atom. The Kier molecular flexibility index (Phi) is 4.84. The molecule has 4 heteroatoms. The zero-order valence-electron chi connectivity index (χ0n) is 13.9. The number of carbonyl (C=O) groups is 1. The zero-order chi connectivity index (χ0) is 17.0. The monoisotopic (exact) mass is 310 g/mol. The average Bonchev–Trinajstić information content (AvgIpc) is 2.52. The van der Waals surface area contributed by atoms with Crippen molar-refractivity contribution in [2.45, 2.75) is 33.1 Å². The van der Waals surface area contributed by atoms with E-state index in [0.717, 1.165) is 11.3 Å². The lowest BCUT2D eigenvalue weighted by Gasteiger charge is -2.19. The number of nitrogens with one attached hydrogen (secondary N) is 1. The zero-order valence-corrected chi connectivity index (χ0v) is 13.9. The minimum absolute atomic E-state index is 0.108. The van der Waals surface area contributed by atoms with E-state index in [2.05, 4.69) is 43.4 Å². The van der Waals surface area contributed by atoms with Crippen LogP contribution in [0, 0.1) is 0 Å². The molecule has 2 rings (SSSR count). The fourth-order valence-corrected chi connectivity index (χ4v) is 2.09. The van der Waals surface area contributed by atoms with E-state index in [4.69, 9.17) is 0 Å². The lowest BCUT2D eigenvalue weighted by Crippen LogP contribution is -2.19. The number of hydrazone groups is 1. The maximum absolute atomic E-state index is 12.0. The van der Waals surface area contributed by atoms with Crippen molar-refractivity contribution >= 4 is 11.6 Å². The highest BCUT2D eigenvalue weighted by molar-refractivity contribution is 6.00. The summed E-state index contributed by atoms with van der Waals surface area (Å²) >= 11 is 0. The molecule has 0 spiro atoms. The first-order valence-electron chi connectivity index (χ1n) is 7.52. The fourth-order valence-electron chi connectivity index (χ4n) is 2.09. The van der Waals surface area contributed by atoms with Crippen LogP contribution in [0.25, 0.3) is 0 Å². The maximum Gasteiger partial charge on any atom is 0.271 e. The number of hydrogen-bond donors (Lipinski definition) is 2. The van der Waals surface area contributed by atoms with Gasteiger partial charge < -0.3 is 5.11 Å². The third-order valence-electron chi connectivity index (χ3n) is 3.62. The van der Waals surface area contributed by atoms with Crippen molar-refractivity contribution in [2.24, 2.45) is 5.10 Å². The number of rotatable bonds is 3. The van der Waals surface area contributed by atoms with Crippen LogP contribution in [0.1, 0.15) is 49.2 Å². The summed E-state index contributed by atoms with van der Waals surface area (Å²) in [5.41, 5.74) is 6.03. The van der Waals surface area contributed by atoms with Gasteiger partial charge in [0.25, 0.3) is 5.91 Å². The van der Waals surface area contributed by atoms with Crippen molar-refractivity contribution in [3.63, 3.8) is 0 Å². The molecule has 0 bridgehead atoms. The Labute approximate surface area is 136 Å². The van der Waals surface area contributed by atoms with Crippen molar-refractivity contribution < 1.29 is 9.90 Å². The van der Waals surface area contributed by atoms with Gasteiger partial charge in [-0.05, 0) is 47.7 Å². The van der Waals surface area contributed by atoms with Crippen LogP contribution in [-0.2, 0) is 5.41 Å². The van der Waals surface area contributed by atoms with Crippen LogP contribution in [-0.4, -0.2) is 16.7 Å². The highest BCUT2D eigenvalue weighted by atomic mass is 16.3. The number of phenols is 1. The van der Waals surface area contributed by atoms with E-state index in [-0.39, 0.29) is 17.1 Å². The second-order valence-corrected chi connectivity index (χ2v) is 6.51. The quantitative estimate of drug-likeness (QED) is 0.668. The molecular weight excluding hydrogens is 288 g/mol. The summed E-state index contributed by atoms with van der Waals surface area (Å²) < 4.78 is 0. The summed E-state index contributed by atoms with van der Waals surface area (Å²) in [5.74, 6) is -0.184. The fraction of sp³-hybridized carbons (Fsp3) is 0.263. The Balaban J connectivity index is 2.07. The summed E-state index contributed by atoms with van der Waals surface area (Å²) in [7, 11) is 0. The molecule has 0 aliphatic heterocycles. The molecule has 0 radical (unpaired) electrons. The summed E-state index contributed by atoms with van der Waals surface area (Å²) in [4.78, 5) is 12.0. The number of carbonyl (C=O) groups excluding carboxylic acids is 1. The number of hydrogen-bond acceptors (Lipinski definition) is 3. The standard InChI is InChI=1S/C19H22N2O2/c1-13(14-5-9-16(10-6-14)19(2,3)4)20-21-18(23)15-7-11-17(22)12-8-15/h5-12,22H,1-4H3,(H,21,23). The molecule has 2 N–H and O–H groups in total. The lowest BCUT2D eigenvalue weighted by atomic mass is 9.86. The number of benzene rings is 2. The van der Waals surface area contributed by atoms with Gasteiger partial charge in [0, 0.05) is 5.56 Å². The van der Waals surface area contributed by atoms with Crippen LogP contribution in [0.15, 0.2) is 53.6 Å². The molecule has 4 nitrogen and oxygen atoms in total. The molecule has 2 aromatic rings. The minimum Gasteiger partial charge on any atom is -0.508 e. The predicted octanol–water partition coefficient (Wildman–Crippen LogP) is 3.84. The van der Waals surface area contributed by atoms with Gasteiger partial charge in [0.15, 0.2) is 0 Å². The van der Waals surface area contributed by atoms with Gasteiger partial charge in [-0.2, -0.15) is 5.10 Å². The lowest BCUT2D eigenvalue weighted by molar-refractivity contribution is 0.0955. The first-order chi connectivity index (χ1) is 10.8. The molecule has 0 aliphatic carbocycles. The summed E-state index contributed by atoms with van der Waals surface area (Å²) in [6.07, 6.45) is 0. The van der Waals surface area contributed by atoms with Gasteiger partial charge in [-0.25, -0.2) is 5.43 Å². The van der Waals surface area contributed by atoms with Gasteiger partial charge in [-0.3, -0.25) is 4.79 Å². The number of phenolic OH excluding ortho intramolecular Hbond substituents is 1. The molecule has 2 aromatic carbocycles. The van der Waals surface area contributed by atoms with Crippen LogP contribution < -0.4 is 5.43 Å². The van der Waals surface area contributed by atoms with E-state index in [1.807, 2.05) is 19.1 Å². The highest BCUT2D eigenvalue weighted by Crippen LogP contribution is 2.22. The Morgan fingerprint density at radius 3 is 2.00 bits per heavy atom. The molecule has 23 heavy (non-hydrogen) atoms. The molecule has 1 amide bonds. The maximum atomic E-state index is 12.0. The normalized spacial score (nSPS) is 12.1. The Morgan fingerprint density at radius 1 is 0.957 bits per heavy atom. The SMILES string of the molecule is CC(=NNC(=O)c1ccc(O)cc1)c1ccc(C(C)(C)C)cc1. The number of nitrogens with zero attached hydrogens (tertiary/aromatic N) is 1. The highest BCUT2D eigenvalue weighted by Gasteiger charge is 2.13. The Hall–Kier alpha value is -2.62. The summed E-state index contributed by atoms with van der Waals surface area (Å²) in [6, 6.07) is 14.2. The van der Waals surface area contributed by atoms with Crippen LogP contribution >= 0.6 is 0 Å². The molecule has 0 aromatic heterocycles. The van der Waals surface area contributed by atoms with E-state index < -0.39 is 0 Å². The largest absolute Gasteiger partial charge is 0.508 e. The van der Waals surface area contributed by atoms with Crippen molar-refractivity contribution in [1.29, 1.82) is 0 Å². The van der Waals surface area contributed by atoms with Crippen LogP contribution in [0.3, 0.4) is 0 Å². The second-order valence-electron chi connectivity index (χ2n) is 6.51. The van der Waals surface area contributed by atoms with E-state index in [1.54, 1.807) is 12.1 Å². The molecule has 0 aliphatic rings. The number of amides is 1. The summed E-state index contributed by atoms with van der Waals surface area (Å²) in [6.45, 7) is 8.35. The Bertz CT molecular complexity index is 709. The minimum atomic E-state index is -0.310. The predicted molar refractivity (Wildman–Crippen MR) is 92.9 cm³/mol. The van der Waals surface area contributed by atoms with Gasteiger partial charge >= 0.3 is 0 Å². The molecule has 0 fully saturated rings. The van der Waals surface area contributed by atoms with E-state index in [1.165, 1.54) is 17.7 Å². The first-order valence-corrected chi connectivity index (χ1v) is 7.52. The molecule has 0 unspecified atom stereocenters. The van der Waals surface area contributed by atoms with Gasteiger partial charge in [0.05, 0.1) is 5.71 Å². The average molecular weight is 310 g/mol. The van der Waals surface area contributed by atoms with Gasteiger partial charge in [0.2, 0.25) is 0 Å². The van der Waals surface area contributed by atoms with Crippen LogP contribution in [0.2, 0.25) is 0 Å². The topological polar surface area (TPSA) is 61.7 Å². The molecule has 0 saturated carbocycles. The molecular formula is C19H22N2O2. The van der Waals surface area contributed by atoms with Gasteiger partial charge in [-0.1, -0.05) is 45.0 Å². The van der Waals surface area contributed by atoms with E-state index >= 15 is 0 Å².